The first-order valence-corrected chi connectivity index (χ1v) is 5.36. The molecule has 0 aliphatic heterocycles. The van der Waals surface area contributed by atoms with Crippen LogP contribution >= 0.6 is 0 Å². The summed E-state index contributed by atoms with van der Waals surface area (Å²) in [6, 6.07) is 6.25. The summed E-state index contributed by atoms with van der Waals surface area (Å²) in [4.78, 5) is 11.9. The molecule has 1 rings (SSSR count). The van der Waals surface area contributed by atoms with Crippen molar-refractivity contribution in [3.8, 4) is 0 Å². The zero-order chi connectivity index (χ0) is 12.8. The minimum absolute atomic E-state index is 0.0910. The van der Waals surface area contributed by atoms with Gasteiger partial charge in [0.2, 0.25) is 0 Å². The molecule has 0 heterocycles. The highest BCUT2D eigenvalue weighted by Crippen LogP contribution is 2.17. The molecule has 0 saturated carbocycles. The number of aliphatic carboxylic acids is 1. The summed E-state index contributed by atoms with van der Waals surface area (Å²) < 4.78 is 13.4. The van der Waals surface area contributed by atoms with Gasteiger partial charge in [-0.15, -0.1) is 0 Å². The first kappa shape index (κ1) is 13.4. The Bertz CT molecular complexity index is 384. The summed E-state index contributed by atoms with van der Waals surface area (Å²) in [5.41, 5.74) is 0.391. The average molecular weight is 241 g/mol. The topological polar surface area (TPSA) is 60.8 Å². The van der Waals surface area contributed by atoms with Crippen molar-refractivity contribution < 1.29 is 19.4 Å². The Labute approximate surface area is 99.3 Å². The molecule has 0 radical (unpaired) electrons. The SMILES string of the molecule is CN(CC(O)CCC(=O)O)c1ccccc1F. The van der Waals surface area contributed by atoms with Crippen LogP contribution in [-0.2, 0) is 4.79 Å². The van der Waals surface area contributed by atoms with Crippen LogP contribution in [0.2, 0.25) is 0 Å². The van der Waals surface area contributed by atoms with Crippen LogP contribution in [-0.4, -0.2) is 35.9 Å². The Hall–Kier alpha value is -1.62. The lowest BCUT2D eigenvalue weighted by molar-refractivity contribution is -0.137. The van der Waals surface area contributed by atoms with Gasteiger partial charge < -0.3 is 15.1 Å². The van der Waals surface area contributed by atoms with Crippen LogP contribution < -0.4 is 4.90 Å². The van der Waals surface area contributed by atoms with Crippen molar-refractivity contribution in [2.75, 3.05) is 18.5 Å². The van der Waals surface area contributed by atoms with Gasteiger partial charge in [-0.3, -0.25) is 4.79 Å². The Balaban J connectivity index is 2.51. The van der Waals surface area contributed by atoms with E-state index in [1.807, 2.05) is 0 Å². The van der Waals surface area contributed by atoms with Gasteiger partial charge in [0.25, 0.3) is 0 Å². The molecule has 0 spiro atoms. The first-order valence-electron chi connectivity index (χ1n) is 5.36. The van der Waals surface area contributed by atoms with Gasteiger partial charge in [0, 0.05) is 20.0 Å². The summed E-state index contributed by atoms with van der Waals surface area (Å²) >= 11 is 0. The number of carboxylic acids is 1. The van der Waals surface area contributed by atoms with Crippen molar-refractivity contribution in [1.82, 2.24) is 0 Å². The van der Waals surface area contributed by atoms with E-state index in [-0.39, 0.29) is 25.2 Å². The van der Waals surface area contributed by atoms with Gasteiger partial charge >= 0.3 is 5.97 Å². The third-order valence-electron chi connectivity index (χ3n) is 2.44. The minimum atomic E-state index is -0.947. The Morgan fingerprint density at radius 2 is 2.12 bits per heavy atom. The fourth-order valence-corrected chi connectivity index (χ4v) is 1.56. The van der Waals surface area contributed by atoms with E-state index in [4.69, 9.17) is 5.11 Å². The number of rotatable bonds is 6. The molecule has 0 aliphatic carbocycles. The minimum Gasteiger partial charge on any atom is -0.481 e. The number of carboxylic acid groups (broad SMARTS) is 1. The molecule has 2 N–H and O–H groups in total. The van der Waals surface area contributed by atoms with E-state index in [2.05, 4.69) is 0 Å². The average Bonchev–Trinajstić information content (AvgIpc) is 2.26. The van der Waals surface area contributed by atoms with Crippen molar-refractivity contribution in [2.24, 2.45) is 0 Å². The molecule has 0 bridgehead atoms. The van der Waals surface area contributed by atoms with Crippen molar-refractivity contribution in [1.29, 1.82) is 0 Å². The fraction of sp³-hybridized carbons (Fsp3) is 0.417. The largest absolute Gasteiger partial charge is 0.481 e. The maximum Gasteiger partial charge on any atom is 0.303 e. The number of hydrogen-bond acceptors (Lipinski definition) is 3. The number of anilines is 1. The Morgan fingerprint density at radius 1 is 1.47 bits per heavy atom. The molecule has 0 aliphatic rings. The van der Waals surface area contributed by atoms with Crippen LogP contribution in [0.15, 0.2) is 24.3 Å². The van der Waals surface area contributed by atoms with Gasteiger partial charge in [-0.05, 0) is 18.6 Å². The number of likely N-dealkylation sites (N-methyl/N-ethyl adjacent to an activating group) is 1. The number of aliphatic hydroxyl groups is 1. The van der Waals surface area contributed by atoms with E-state index in [1.165, 1.54) is 6.07 Å². The fourth-order valence-electron chi connectivity index (χ4n) is 1.56. The van der Waals surface area contributed by atoms with Gasteiger partial charge in [0.1, 0.15) is 5.82 Å². The highest BCUT2D eigenvalue weighted by molar-refractivity contribution is 5.66. The van der Waals surface area contributed by atoms with Gasteiger partial charge in [-0.2, -0.15) is 0 Å². The maximum atomic E-state index is 13.4. The summed E-state index contributed by atoms with van der Waals surface area (Å²) in [5, 5.41) is 18.1. The molecular formula is C12H16FNO3. The van der Waals surface area contributed by atoms with E-state index in [9.17, 15) is 14.3 Å². The molecule has 17 heavy (non-hydrogen) atoms. The molecule has 1 aromatic carbocycles. The summed E-state index contributed by atoms with van der Waals surface area (Å²) in [7, 11) is 1.66. The monoisotopic (exact) mass is 241 g/mol. The van der Waals surface area contributed by atoms with Gasteiger partial charge in [0.05, 0.1) is 11.8 Å². The molecule has 94 valence electrons. The summed E-state index contributed by atoms with van der Waals surface area (Å²) in [6.45, 7) is 0.203. The molecule has 0 fully saturated rings. The van der Waals surface area contributed by atoms with E-state index < -0.39 is 12.1 Å². The van der Waals surface area contributed by atoms with Crippen LogP contribution in [0.25, 0.3) is 0 Å². The van der Waals surface area contributed by atoms with Crippen molar-refractivity contribution in [2.45, 2.75) is 18.9 Å². The molecule has 5 heteroatoms. The first-order chi connectivity index (χ1) is 8.00. The zero-order valence-electron chi connectivity index (χ0n) is 9.64. The lowest BCUT2D eigenvalue weighted by atomic mass is 10.2. The number of para-hydroxylation sites is 1. The van der Waals surface area contributed by atoms with E-state index >= 15 is 0 Å². The smallest absolute Gasteiger partial charge is 0.303 e. The normalized spacial score (nSPS) is 12.2. The Morgan fingerprint density at radius 3 is 2.71 bits per heavy atom. The van der Waals surface area contributed by atoms with E-state index in [1.54, 1.807) is 30.1 Å². The molecule has 4 nitrogen and oxygen atoms in total. The van der Waals surface area contributed by atoms with Crippen molar-refractivity contribution in [3.05, 3.63) is 30.1 Å². The second-order valence-electron chi connectivity index (χ2n) is 3.92. The zero-order valence-corrected chi connectivity index (χ0v) is 9.64. The van der Waals surface area contributed by atoms with Crippen molar-refractivity contribution >= 4 is 11.7 Å². The third-order valence-corrected chi connectivity index (χ3v) is 2.44. The lowest BCUT2D eigenvalue weighted by Crippen LogP contribution is -2.30. The van der Waals surface area contributed by atoms with Crippen LogP contribution in [0.5, 0.6) is 0 Å². The molecule has 1 unspecified atom stereocenters. The maximum absolute atomic E-state index is 13.4. The molecule has 0 saturated heterocycles. The summed E-state index contributed by atoms with van der Waals surface area (Å²) in [5.74, 6) is -1.31. The standard InChI is InChI=1S/C12H16FNO3/c1-14(8-9(15)6-7-12(16)17)11-5-3-2-4-10(11)13/h2-5,9,15H,6-8H2,1H3,(H,16,17). The number of aliphatic hydroxyl groups excluding tert-OH is 1. The molecule has 1 aromatic rings. The van der Waals surface area contributed by atoms with Gasteiger partial charge in [-0.1, -0.05) is 12.1 Å². The predicted octanol–water partition coefficient (Wildman–Crippen LogP) is 1.49. The van der Waals surface area contributed by atoms with Crippen LogP contribution in [0.1, 0.15) is 12.8 Å². The second-order valence-corrected chi connectivity index (χ2v) is 3.92. The van der Waals surface area contributed by atoms with Crippen LogP contribution in [0.4, 0.5) is 10.1 Å². The highest BCUT2D eigenvalue weighted by atomic mass is 19.1. The van der Waals surface area contributed by atoms with E-state index in [0.29, 0.717) is 5.69 Å². The van der Waals surface area contributed by atoms with Crippen molar-refractivity contribution in [3.63, 3.8) is 0 Å². The third kappa shape index (κ3) is 4.40. The van der Waals surface area contributed by atoms with Crippen LogP contribution in [0.3, 0.4) is 0 Å². The molecule has 0 aromatic heterocycles. The van der Waals surface area contributed by atoms with Gasteiger partial charge in [-0.25, -0.2) is 4.39 Å². The number of halogens is 1. The number of hydrogen-bond donors (Lipinski definition) is 2. The molecular weight excluding hydrogens is 225 g/mol. The lowest BCUT2D eigenvalue weighted by Gasteiger charge is -2.22. The highest BCUT2D eigenvalue weighted by Gasteiger charge is 2.12. The molecule has 1 atom stereocenters. The Kier molecular flexibility index (Phi) is 4.90. The van der Waals surface area contributed by atoms with E-state index in [0.717, 1.165) is 0 Å². The summed E-state index contributed by atoms with van der Waals surface area (Å²) in [6.07, 6.45) is -0.712. The predicted molar refractivity (Wildman–Crippen MR) is 62.5 cm³/mol. The second kappa shape index (κ2) is 6.20. The number of carbonyl (C=O) groups is 1. The number of benzene rings is 1. The van der Waals surface area contributed by atoms with Gasteiger partial charge in [0.15, 0.2) is 0 Å². The quantitative estimate of drug-likeness (QED) is 0.792. The van der Waals surface area contributed by atoms with Crippen LogP contribution in [0, 0.1) is 5.82 Å². The number of nitrogens with zero attached hydrogens (tertiary/aromatic N) is 1. The molecule has 0 amide bonds.